The van der Waals surface area contributed by atoms with Crippen LogP contribution >= 0.6 is 0 Å². The lowest BCUT2D eigenvalue weighted by atomic mass is 9.44. The van der Waals surface area contributed by atoms with Gasteiger partial charge < -0.3 is 4.79 Å². The summed E-state index contributed by atoms with van der Waals surface area (Å²) >= 11 is 0. The van der Waals surface area contributed by atoms with Gasteiger partial charge in [-0.15, -0.1) is 0 Å². The zero-order chi connectivity index (χ0) is 12.2. The molecule has 0 heterocycles. The Morgan fingerprint density at radius 2 is 1.76 bits per heavy atom. The van der Waals surface area contributed by atoms with Crippen LogP contribution in [0.1, 0.15) is 59.3 Å². The number of Topliss-reactive ketones (excluding diaryl/α,β-unsaturated/α-hetero) is 1. The van der Waals surface area contributed by atoms with E-state index in [9.17, 15) is 4.79 Å². The monoisotopic (exact) mass is 234 g/mol. The summed E-state index contributed by atoms with van der Waals surface area (Å²) in [6.45, 7) is 6.60. The second-order valence-corrected chi connectivity index (χ2v) is 7.67. The molecule has 4 aliphatic carbocycles. The van der Waals surface area contributed by atoms with Crippen molar-refractivity contribution in [2.45, 2.75) is 59.3 Å². The number of ketones is 1. The first kappa shape index (κ1) is 11.7. The van der Waals surface area contributed by atoms with Crippen LogP contribution in [0.25, 0.3) is 0 Å². The van der Waals surface area contributed by atoms with E-state index in [2.05, 4.69) is 13.8 Å². The second kappa shape index (κ2) is 3.83. The van der Waals surface area contributed by atoms with E-state index in [-0.39, 0.29) is 0 Å². The van der Waals surface area contributed by atoms with Gasteiger partial charge >= 0.3 is 0 Å². The van der Waals surface area contributed by atoms with E-state index in [1.165, 1.54) is 32.1 Å². The molecule has 1 nitrogen and oxygen atoms in total. The quantitative estimate of drug-likeness (QED) is 0.719. The van der Waals surface area contributed by atoms with Crippen LogP contribution in [0.2, 0.25) is 0 Å². The maximum absolute atomic E-state index is 11.5. The SMILES string of the molecule is CC(=O)CC12CC3CC(C1)C(C(C)C)C(C3)C2. The zero-order valence-corrected chi connectivity index (χ0v) is 11.5. The lowest BCUT2D eigenvalue weighted by Crippen LogP contribution is -2.52. The number of carbonyl (C=O) groups excluding carboxylic acids is 1. The first-order chi connectivity index (χ1) is 7.99. The minimum Gasteiger partial charge on any atom is -0.300 e. The lowest BCUT2D eigenvalue weighted by molar-refractivity contribution is -0.134. The van der Waals surface area contributed by atoms with Gasteiger partial charge in [-0.25, -0.2) is 0 Å². The minimum absolute atomic E-state index is 0.424. The Labute approximate surface area is 105 Å². The molecule has 4 fully saturated rings. The third-order valence-electron chi connectivity index (χ3n) is 5.87. The molecular weight excluding hydrogens is 208 g/mol. The molecule has 0 spiro atoms. The molecular formula is C16H26O. The van der Waals surface area contributed by atoms with E-state index in [0.29, 0.717) is 11.2 Å². The summed E-state index contributed by atoms with van der Waals surface area (Å²) in [5, 5.41) is 0. The summed E-state index contributed by atoms with van der Waals surface area (Å²) in [4.78, 5) is 11.5. The molecule has 0 aliphatic heterocycles. The van der Waals surface area contributed by atoms with Crippen LogP contribution < -0.4 is 0 Å². The predicted octanol–water partition coefficient (Wildman–Crippen LogP) is 4.06. The predicted molar refractivity (Wildman–Crippen MR) is 69.6 cm³/mol. The maximum atomic E-state index is 11.5. The van der Waals surface area contributed by atoms with E-state index >= 15 is 0 Å². The van der Waals surface area contributed by atoms with E-state index < -0.39 is 0 Å². The van der Waals surface area contributed by atoms with Gasteiger partial charge in [0.15, 0.2) is 0 Å². The average molecular weight is 234 g/mol. The highest BCUT2D eigenvalue weighted by atomic mass is 16.1. The third-order valence-corrected chi connectivity index (χ3v) is 5.87. The summed E-state index contributed by atoms with van der Waals surface area (Å²) in [6.07, 6.45) is 7.91. The van der Waals surface area contributed by atoms with Gasteiger partial charge in [0.25, 0.3) is 0 Å². The Morgan fingerprint density at radius 1 is 1.18 bits per heavy atom. The van der Waals surface area contributed by atoms with Crippen LogP contribution in [0, 0.1) is 35.0 Å². The van der Waals surface area contributed by atoms with Gasteiger partial charge in [-0.05, 0) is 74.0 Å². The maximum Gasteiger partial charge on any atom is 0.130 e. The third kappa shape index (κ3) is 1.86. The molecule has 4 saturated carbocycles. The smallest absolute Gasteiger partial charge is 0.130 e. The van der Waals surface area contributed by atoms with Gasteiger partial charge in [0, 0.05) is 6.42 Å². The molecule has 96 valence electrons. The van der Waals surface area contributed by atoms with Crippen molar-refractivity contribution in [2.75, 3.05) is 0 Å². The molecule has 0 N–H and O–H groups in total. The van der Waals surface area contributed by atoms with Crippen molar-refractivity contribution in [3.8, 4) is 0 Å². The molecule has 0 aromatic carbocycles. The lowest BCUT2D eigenvalue weighted by Gasteiger charge is -2.61. The van der Waals surface area contributed by atoms with Crippen LogP contribution in [0.15, 0.2) is 0 Å². The van der Waals surface area contributed by atoms with Crippen molar-refractivity contribution in [2.24, 2.45) is 35.0 Å². The first-order valence-corrected chi connectivity index (χ1v) is 7.48. The van der Waals surface area contributed by atoms with Gasteiger partial charge in [0.1, 0.15) is 5.78 Å². The highest BCUT2D eigenvalue weighted by Crippen LogP contribution is 2.64. The van der Waals surface area contributed by atoms with Gasteiger partial charge in [0.05, 0.1) is 0 Å². The second-order valence-electron chi connectivity index (χ2n) is 7.67. The Morgan fingerprint density at radius 3 is 2.24 bits per heavy atom. The zero-order valence-electron chi connectivity index (χ0n) is 11.5. The largest absolute Gasteiger partial charge is 0.300 e. The minimum atomic E-state index is 0.424. The highest BCUT2D eigenvalue weighted by Gasteiger charge is 2.55. The van der Waals surface area contributed by atoms with Crippen LogP contribution in [0.5, 0.6) is 0 Å². The van der Waals surface area contributed by atoms with Gasteiger partial charge in [0.2, 0.25) is 0 Å². The molecule has 0 aromatic heterocycles. The van der Waals surface area contributed by atoms with Crippen molar-refractivity contribution < 1.29 is 4.79 Å². The summed E-state index contributed by atoms with van der Waals surface area (Å²) in [5.41, 5.74) is 0.438. The summed E-state index contributed by atoms with van der Waals surface area (Å²) in [5.74, 6) is 5.09. The van der Waals surface area contributed by atoms with Crippen LogP contribution in [-0.2, 0) is 4.79 Å². The van der Waals surface area contributed by atoms with Crippen molar-refractivity contribution in [1.82, 2.24) is 0 Å². The van der Waals surface area contributed by atoms with E-state index in [4.69, 9.17) is 0 Å². The number of hydrogen-bond acceptors (Lipinski definition) is 1. The fraction of sp³-hybridized carbons (Fsp3) is 0.938. The van der Waals surface area contributed by atoms with Crippen molar-refractivity contribution in [1.29, 1.82) is 0 Å². The standard InChI is InChI=1S/C16H26O/c1-10(2)15-13-4-12-5-14(15)9-16(7-12,8-13)6-11(3)17/h10,12-15H,4-9H2,1-3H3. The molecule has 4 rings (SSSR count). The Bertz CT molecular complexity index is 314. The fourth-order valence-electron chi connectivity index (χ4n) is 6.07. The molecule has 17 heavy (non-hydrogen) atoms. The molecule has 0 aromatic rings. The van der Waals surface area contributed by atoms with E-state index in [0.717, 1.165) is 36.0 Å². The number of hydrogen-bond donors (Lipinski definition) is 0. The fourth-order valence-corrected chi connectivity index (χ4v) is 6.07. The molecule has 0 amide bonds. The van der Waals surface area contributed by atoms with Crippen LogP contribution in [-0.4, -0.2) is 5.78 Å². The highest BCUT2D eigenvalue weighted by molar-refractivity contribution is 5.76. The van der Waals surface area contributed by atoms with Gasteiger partial charge in [-0.3, -0.25) is 0 Å². The first-order valence-electron chi connectivity index (χ1n) is 7.48. The Hall–Kier alpha value is -0.330. The Kier molecular flexibility index (Phi) is 2.65. The number of rotatable bonds is 3. The van der Waals surface area contributed by atoms with Crippen molar-refractivity contribution in [3.05, 3.63) is 0 Å². The molecule has 0 radical (unpaired) electrons. The summed E-state index contributed by atoms with van der Waals surface area (Å²) in [7, 11) is 0. The Balaban J connectivity index is 1.84. The molecule has 4 bridgehead atoms. The summed E-state index contributed by atoms with van der Waals surface area (Å²) in [6, 6.07) is 0. The van der Waals surface area contributed by atoms with Crippen LogP contribution in [0.3, 0.4) is 0 Å². The molecule has 1 heteroatoms. The number of carbonyl (C=O) groups is 1. The van der Waals surface area contributed by atoms with Crippen molar-refractivity contribution >= 4 is 5.78 Å². The normalized spacial score (nSPS) is 47.8. The molecule has 4 aliphatic rings. The van der Waals surface area contributed by atoms with Crippen LogP contribution in [0.4, 0.5) is 0 Å². The van der Waals surface area contributed by atoms with Gasteiger partial charge in [-0.1, -0.05) is 13.8 Å². The van der Waals surface area contributed by atoms with Crippen molar-refractivity contribution in [3.63, 3.8) is 0 Å². The molecule has 0 saturated heterocycles. The summed E-state index contributed by atoms with van der Waals surface area (Å²) < 4.78 is 0. The average Bonchev–Trinajstić information content (AvgIpc) is 2.11. The topological polar surface area (TPSA) is 17.1 Å². The van der Waals surface area contributed by atoms with E-state index in [1.807, 2.05) is 0 Å². The van der Waals surface area contributed by atoms with E-state index in [1.54, 1.807) is 6.92 Å². The molecule has 2 atom stereocenters. The molecule has 2 unspecified atom stereocenters. The van der Waals surface area contributed by atoms with Gasteiger partial charge in [-0.2, -0.15) is 0 Å².